The average Bonchev–Trinajstić information content (AvgIpc) is 2.61. The van der Waals surface area contributed by atoms with E-state index in [0.717, 1.165) is 24.1 Å². The molecule has 0 saturated heterocycles. The maximum atomic E-state index is 10.9. The van der Waals surface area contributed by atoms with Crippen LogP contribution in [0.15, 0.2) is 18.2 Å². The molecule has 4 heteroatoms. The summed E-state index contributed by atoms with van der Waals surface area (Å²) in [5.41, 5.74) is 2.20. The fraction of sp³-hybridized carbons (Fsp3) is 0.571. The molecular formula is C14H20N2O2. The Morgan fingerprint density at radius 1 is 1.44 bits per heavy atom. The minimum atomic E-state index is -0.320. The Kier molecular flexibility index (Phi) is 3.28. The number of nitrogens with zero attached hydrogens (tertiary/aromatic N) is 1. The van der Waals surface area contributed by atoms with Gasteiger partial charge in [0.25, 0.3) is 5.69 Å². The summed E-state index contributed by atoms with van der Waals surface area (Å²) < 4.78 is 0. The maximum Gasteiger partial charge on any atom is 0.274 e. The molecule has 98 valence electrons. The summed E-state index contributed by atoms with van der Waals surface area (Å²) in [5.74, 6) is 0. The van der Waals surface area contributed by atoms with Crippen molar-refractivity contribution in [2.24, 2.45) is 5.41 Å². The van der Waals surface area contributed by atoms with Crippen LogP contribution in [0, 0.1) is 22.5 Å². The van der Waals surface area contributed by atoms with Crippen molar-refractivity contribution in [1.29, 1.82) is 0 Å². The highest BCUT2D eigenvalue weighted by atomic mass is 16.6. The van der Waals surface area contributed by atoms with Crippen LogP contribution in [-0.4, -0.2) is 11.0 Å². The second-order valence-electron chi connectivity index (χ2n) is 5.96. The van der Waals surface area contributed by atoms with Gasteiger partial charge >= 0.3 is 0 Å². The normalized spacial score (nSPS) is 21.8. The number of nitro benzene ring substituents is 1. The second kappa shape index (κ2) is 4.59. The van der Waals surface area contributed by atoms with Gasteiger partial charge in [0.05, 0.1) is 4.92 Å². The third-order valence-corrected chi connectivity index (χ3v) is 3.83. The van der Waals surface area contributed by atoms with Crippen LogP contribution in [0.3, 0.4) is 0 Å². The zero-order chi connectivity index (χ0) is 13.3. The molecule has 1 aliphatic rings. The van der Waals surface area contributed by atoms with Crippen molar-refractivity contribution in [2.75, 3.05) is 5.32 Å². The van der Waals surface area contributed by atoms with Crippen LogP contribution < -0.4 is 5.32 Å². The number of benzene rings is 1. The molecule has 2 rings (SSSR count). The molecule has 0 heterocycles. The van der Waals surface area contributed by atoms with Crippen molar-refractivity contribution < 1.29 is 4.92 Å². The molecule has 1 aromatic rings. The highest BCUT2D eigenvalue weighted by Gasteiger charge is 2.31. The van der Waals surface area contributed by atoms with E-state index < -0.39 is 0 Å². The van der Waals surface area contributed by atoms with Gasteiger partial charge in [-0.15, -0.1) is 0 Å². The summed E-state index contributed by atoms with van der Waals surface area (Å²) in [6.07, 6.45) is 3.46. The largest absolute Gasteiger partial charge is 0.382 e. The first-order valence-electron chi connectivity index (χ1n) is 6.40. The van der Waals surface area contributed by atoms with E-state index in [1.807, 2.05) is 6.07 Å². The Balaban J connectivity index is 2.15. The molecule has 0 aromatic heterocycles. The van der Waals surface area contributed by atoms with Gasteiger partial charge in [-0.3, -0.25) is 10.1 Å². The van der Waals surface area contributed by atoms with Gasteiger partial charge in [-0.05, 0) is 37.7 Å². The molecule has 1 atom stereocenters. The van der Waals surface area contributed by atoms with E-state index in [2.05, 4.69) is 19.2 Å². The summed E-state index contributed by atoms with van der Waals surface area (Å²) in [6, 6.07) is 5.65. The van der Waals surface area contributed by atoms with Crippen LogP contribution in [0.4, 0.5) is 11.4 Å². The lowest BCUT2D eigenvalue weighted by molar-refractivity contribution is -0.385. The molecule has 18 heavy (non-hydrogen) atoms. The number of nitrogens with one attached hydrogen (secondary N) is 1. The highest BCUT2D eigenvalue weighted by molar-refractivity contribution is 5.60. The molecule has 0 spiro atoms. The molecule has 1 aliphatic carbocycles. The first kappa shape index (κ1) is 12.9. The first-order valence-corrected chi connectivity index (χ1v) is 6.40. The Labute approximate surface area is 108 Å². The summed E-state index contributed by atoms with van der Waals surface area (Å²) in [7, 11) is 0. The lowest BCUT2D eigenvalue weighted by Gasteiger charge is -2.19. The Morgan fingerprint density at radius 2 is 2.17 bits per heavy atom. The van der Waals surface area contributed by atoms with Crippen LogP contribution in [0.2, 0.25) is 0 Å². The van der Waals surface area contributed by atoms with Gasteiger partial charge in [0.2, 0.25) is 0 Å². The van der Waals surface area contributed by atoms with Gasteiger partial charge in [0.1, 0.15) is 0 Å². The molecule has 4 nitrogen and oxygen atoms in total. The van der Waals surface area contributed by atoms with E-state index in [1.54, 1.807) is 19.1 Å². The van der Waals surface area contributed by atoms with Crippen molar-refractivity contribution >= 4 is 11.4 Å². The van der Waals surface area contributed by atoms with E-state index in [9.17, 15) is 10.1 Å². The molecule has 0 bridgehead atoms. The van der Waals surface area contributed by atoms with Crippen molar-refractivity contribution in [3.8, 4) is 0 Å². The minimum absolute atomic E-state index is 0.192. The second-order valence-corrected chi connectivity index (χ2v) is 5.96. The third kappa shape index (κ3) is 2.63. The fourth-order valence-electron chi connectivity index (χ4n) is 2.76. The van der Waals surface area contributed by atoms with Crippen molar-refractivity contribution in [2.45, 2.75) is 46.1 Å². The third-order valence-electron chi connectivity index (χ3n) is 3.83. The van der Waals surface area contributed by atoms with E-state index in [0.29, 0.717) is 11.5 Å². The van der Waals surface area contributed by atoms with Gasteiger partial charge < -0.3 is 5.32 Å². The molecule has 0 radical (unpaired) electrons. The molecule has 0 aliphatic heterocycles. The zero-order valence-electron chi connectivity index (χ0n) is 11.2. The van der Waals surface area contributed by atoms with Gasteiger partial charge in [-0.1, -0.05) is 19.9 Å². The summed E-state index contributed by atoms with van der Waals surface area (Å²) in [6.45, 7) is 6.35. The van der Waals surface area contributed by atoms with E-state index in [-0.39, 0.29) is 10.6 Å². The number of hydrogen-bond acceptors (Lipinski definition) is 3. The topological polar surface area (TPSA) is 55.2 Å². The van der Waals surface area contributed by atoms with Gasteiger partial charge in [-0.2, -0.15) is 0 Å². The van der Waals surface area contributed by atoms with E-state index in [1.165, 1.54) is 6.42 Å². The zero-order valence-corrected chi connectivity index (χ0v) is 11.2. The van der Waals surface area contributed by atoms with Gasteiger partial charge in [0.15, 0.2) is 0 Å². The Morgan fingerprint density at radius 3 is 2.72 bits per heavy atom. The molecule has 0 amide bonds. The smallest absolute Gasteiger partial charge is 0.274 e. The standard InChI is InChI=1S/C14H20N2O2/c1-10-12(5-4-6-13(10)16(17)18)15-11-7-8-14(2,3)9-11/h4-6,11,15H,7-9H2,1-3H3. The fourth-order valence-corrected chi connectivity index (χ4v) is 2.76. The minimum Gasteiger partial charge on any atom is -0.382 e. The van der Waals surface area contributed by atoms with Gasteiger partial charge in [-0.25, -0.2) is 0 Å². The van der Waals surface area contributed by atoms with E-state index >= 15 is 0 Å². The van der Waals surface area contributed by atoms with Crippen LogP contribution in [0.1, 0.15) is 38.7 Å². The van der Waals surface area contributed by atoms with Crippen molar-refractivity contribution in [3.63, 3.8) is 0 Å². The molecule has 1 saturated carbocycles. The number of nitro groups is 1. The average molecular weight is 248 g/mol. The predicted octanol–water partition coefficient (Wildman–Crippen LogP) is 3.89. The maximum absolute atomic E-state index is 10.9. The molecule has 1 fully saturated rings. The summed E-state index contributed by atoms with van der Waals surface area (Å²) in [4.78, 5) is 10.6. The molecule has 1 unspecified atom stereocenters. The number of rotatable bonds is 3. The monoisotopic (exact) mass is 248 g/mol. The first-order chi connectivity index (χ1) is 8.39. The van der Waals surface area contributed by atoms with Crippen LogP contribution in [0.25, 0.3) is 0 Å². The lowest BCUT2D eigenvalue weighted by Crippen LogP contribution is -2.18. The van der Waals surface area contributed by atoms with Crippen molar-refractivity contribution in [1.82, 2.24) is 0 Å². The lowest BCUT2D eigenvalue weighted by atomic mass is 9.92. The predicted molar refractivity (Wildman–Crippen MR) is 72.9 cm³/mol. The van der Waals surface area contributed by atoms with E-state index in [4.69, 9.17) is 0 Å². The van der Waals surface area contributed by atoms with Crippen molar-refractivity contribution in [3.05, 3.63) is 33.9 Å². The molecule has 1 aromatic carbocycles. The van der Waals surface area contributed by atoms with Crippen LogP contribution in [-0.2, 0) is 0 Å². The SMILES string of the molecule is Cc1c(NC2CCC(C)(C)C2)cccc1[N+](=O)[O-]. The Bertz CT molecular complexity index is 469. The number of hydrogen-bond donors (Lipinski definition) is 1. The molecule has 1 N–H and O–H groups in total. The molecular weight excluding hydrogens is 228 g/mol. The highest BCUT2D eigenvalue weighted by Crippen LogP contribution is 2.39. The Hall–Kier alpha value is -1.58. The van der Waals surface area contributed by atoms with Crippen LogP contribution >= 0.6 is 0 Å². The van der Waals surface area contributed by atoms with Gasteiger partial charge in [0, 0.05) is 23.4 Å². The summed E-state index contributed by atoms with van der Waals surface area (Å²) >= 11 is 0. The quantitative estimate of drug-likeness (QED) is 0.652. The van der Waals surface area contributed by atoms with Crippen LogP contribution in [0.5, 0.6) is 0 Å². The summed E-state index contributed by atoms with van der Waals surface area (Å²) in [5, 5.41) is 14.3. The number of anilines is 1.